The fourth-order valence-electron chi connectivity index (χ4n) is 3.36. The molecule has 1 saturated heterocycles. The first-order valence-corrected chi connectivity index (χ1v) is 10.8. The van der Waals surface area contributed by atoms with Gasteiger partial charge in [0.25, 0.3) is 5.91 Å². The summed E-state index contributed by atoms with van der Waals surface area (Å²) in [6.45, 7) is 0.0945. The van der Waals surface area contributed by atoms with E-state index in [2.05, 4.69) is 11.4 Å². The molecule has 0 aromatic heterocycles. The fourth-order valence-corrected chi connectivity index (χ4v) is 3.97. The highest BCUT2D eigenvalue weighted by Crippen LogP contribution is 2.35. The number of ether oxygens (including phenoxy) is 1. The van der Waals surface area contributed by atoms with E-state index in [0.29, 0.717) is 22.3 Å². The number of hydrogen-bond acceptors (Lipinski definition) is 4. The summed E-state index contributed by atoms with van der Waals surface area (Å²) in [5.74, 6) is -0.704. The van der Waals surface area contributed by atoms with E-state index in [4.69, 9.17) is 27.9 Å². The van der Waals surface area contributed by atoms with Gasteiger partial charge in [0.2, 0.25) is 0 Å². The zero-order valence-corrected chi connectivity index (χ0v) is 19.0. The molecule has 0 spiro atoms. The highest BCUT2D eigenvalue weighted by Gasteiger charge is 2.33. The first kappa shape index (κ1) is 23.3. The Hall–Kier alpha value is -3.86. The Balaban J connectivity index is 1.51. The minimum absolute atomic E-state index is 0.000742. The molecular formula is C25H16Cl2FN3O3. The molecular weight excluding hydrogens is 480 g/mol. The van der Waals surface area contributed by atoms with Crippen molar-refractivity contribution in [2.45, 2.75) is 13.2 Å². The number of nitrogens with zero attached hydrogens (tertiary/aromatic N) is 2. The molecule has 3 aromatic carbocycles. The van der Waals surface area contributed by atoms with Crippen LogP contribution in [0.25, 0.3) is 6.08 Å². The van der Waals surface area contributed by atoms with Crippen LogP contribution in [0.4, 0.5) is 9.18 Å². The molecule has 4 rings (SSSR count). The standard InChI is InChI=1S/C25H16Cl2FN3O3/c26-20-9-16(10-21(27)23(20)34-14-18-4-2-1-3-17(18)12-29)11-22-24(32)31(25(33)30-22)13-15-5-7-19(28)8-6-15/h1-11H,13-14H2,(H,30,33)/b22-11+. The number of amides is 3. The number of benzene rings is 3. The second kappa shape index (κ2) is 9.96. The van der Waals surface area contributed by atoms with Crippen LogP contribution >= 0.6 is 23.2 Å². The number of carbonyl (C=O) groups is 2. The maximum absolute atomic E-state index is 13.1. The number of imide groups is 1. The number of rotatable bonds is 6. The van der Waals surface area contributed by atoms with Crippen molar-refractivity contribution in [2.75, 3.05) is 0 Å². The number of urea groups is 1. The van der Waals surface area contributed by atoms with E-state index in [1.165, 1.54) is 30.3 Å². The maximum atomic E-state index is 13.1. The van der Waals surface area contributed by atoms with Crippen LogP contribution in [0.5, 0.6) is 5.75 Å². The van der Waals surface area contributed by atoms with Gasteiger partial charge in [0.1, 0.15) is 18.1 Å². The molecule has 3 aromatic rings. The predicted octanol–water partition coefficient (Wildman–Crippen LogP) is 5.68. The van der Waals surface area contributed by atoms with Crippen molar-refractivity contribution in [3.05, 3.63) is 104 Å². The smallest absolute Gasteiger partial charge is 0.329 e. The molecule has 0 unspecified atom stereocenters. The van der Waals surface area contributed by atoms with Gasteiger partial charge >= 0.3 is 6.03 Å². The SMILES string of the molecule is N#Cc1ccccc1COc1c(Cl)cc(/C=C2/NC(=O)N(Cc3ccc(F)cc3)C2=O)cc1Cl. The molecule has 0 atom stereocenters. The van der Waals surface area contributed by atoms with Crippen LogP contribution < -0.4 is 10.1 Å². The third-order valence-corrected chi connectivity index (χ3v) is 5.62. The lowest BCUT2D eigenvalue weighted by Gasteiger charge is -2.12. The van der Waals surface area contributed by atoms with Gasteiger partial charge in [0.15, 0.2) is 5.75 Å². The summed E-state index contributed by atoms with van der Waals surface area (Å²) < 4.78 is 18.9. The number of hydrogen-bond donors (Lipinski definition) is 1. The van der Waals surface area contributed by atoms with Crippen molar-refractivity contribution in [1.29, 1.82) is 5.26 Å². The summed E-state index contributed by atoms with van der Waals surface area (Å²) in [7, 11) is 0. The quantitative estimate of drug-likeness (QED) is 0.352. The second-order valence-corrected chi connectivity index (χ2v) is 8.19. The van der Waals surface area contributed by atoms with Gasteiger partial charge in [-0.25, -0.2) is 9.18 Å². The van der Waals surface area contributed by atoms with Crippen LogP contribution in [-0.2, 0) is 17.9 Å². The Bertz CT molecular complexity index is 1330. The molecule has 9 heteroatoms. The van der Waals surface area contributed by atoms with E-state index in [0.717, 1.165) is 4.90 Å². The summed E-state index contributed by atoms with van der Waals surface area (Å²) in [5, 5.41) is 12.1. The molecule has 6 nitrogen and oxygen atoms in total. The van der Waals surface area contributed by atoms with Crippen molar-refractivity contribution >= 4 is 41.2 Å². The van der Waals surface area contributed by atoms with E-state index in [9.17, 15) is 19.2 Å². The summed E-state index contributed by atoms with van der Waals surface area (Å²) in [4.78, 5) is 26.1. The molecule has 3 amide bonds. The van der Waals surface area contributed by atoms with Crippen LogP contribution in [0.3, 0.4) is 0 Å². The van der Waals surface area contributed by atoms with Gasteiger partial charge in [-0.2, -0.15) is 5.26 Å². The molecule has 0 radical (unpaired) electrons. The number of halogens is 3. The molecule has 1 aliphatic heterocycles. The van der Waals surface area contributed by atoms with Crippen LogP contribution in [-0.4, -0.2) is 16.8 Å². The van der Waals surface area contributed by atoms with Gasteiger partial charge < -0.3 is 10.1 Å². The van der Waals surface area contributed by atoms with Gasteiger partial charge in [-0.05, 0) is 47.5 Å². The summed E-state index contributed by atoms with van der Waals surface area (Å²) in [6.07, 6.45) is 1.46. The maximum Gasteiger partial charge on any atom is 0.329 e. The Labute approximate surface area is 204 Å². The Morgan fingerprint density at radius 1 is 1.06 bits per heavy atom. The molecule has 1 N–H and O–H groups in total. The average Bonchev–Trinajstić information content (AvgIpc) is 3.07. The van der Waals surface area contributed by atoms with Crippen LogP contribution in [0.2, 0.25) is 10.0 Å². The minimum atomic E-state index is -0.589. The van der Waals surface area contributed by atoms with Gasteiger partial charge in [-0.1, -0.05) is 53.5 Å². The topological polar surface area (TPSA) is 82.4 Å². The van der Waals surface area contributed by atoms with Crippen molar-refractivity contribution in [1.82, 2.24) is 10.2 Å². The second-order valence-electron chi connectivity index (χ2n) is 7.38. The number of carbonyl (C=O) groups excluding carboxylic acids is 2. The lowest BCUT2D eigenvalue weighted by Crippen LogP contribution is -2.30. The largest absolute Gasteiger partial charge is 0.486 e. The van der Waals surface area contributed by atoms with E-state index in [1.807, 2.05) is 0 Å². The van der Waals surface area contributed by atoms with E-state index < -0.39 is 17.8 Å². The van der Waals surface area contributed by atoms with Gasteiger partial charge in [-0.15, -0.1) is 0 Å². The number of nitriles is 1. The Kier molecular flexibility index (Phi) is 6.82. The van der Waals surface area contributed by atoms with Gasteiger partial charge in [-0.3, -0.25) is 9.69 Å². The van der Waals surface area contributed by atoms with Crippen molar-refractivity contribution < 1.29 is 18.7 Å². The Morgan fingerprint density at radius 3 is 2.41 bits per heavy atom. The summed E-state index contributed by atoms with van der Waals surface area (Å²) >= 11 is 12.7. The molecule has 170 valence electrons. The first-order chi connectivity index (χ1) is 16.4. The monoisotopic (exact) mass is 495 g/mol. The lowest BCUT2D eigenvalue weighted by molar-refractivity contribution is -0.123. The zero-order valence-electron chi connectivity index (χ0n) is 17.5. The molecule has 1 heterocycles. The summed E-state index contributed by atoms with van der Waals surface area (Å²) in [5.41, 5.74) is 2.31. The van der Waals surface area contributed by atoms with Crippen LogP contribution in [0.1, 0.15) is 22.3 Å². The van der Waals surface area contributed by atoms with E-state index in [-0.39, 0.29) is 34.6 Å². The minimum Gasteiger partial charge on any atom is -0.486 e. The molecule has 34 heavy (non-hydrogen) atoms. The van der Waals surface area contributed by atoms with Crippen molar-refractivity contribution in [2.24, 2.45) is 0 Å². The third-order valence-electron chi connectivity index (χ3n) is 5.06. The predicted molar refractivity (Wildman–Crippen MR) is 125 cm³/mol. The molecule has 0 aliphatic carbocycles. The average molecular weight is 496 g/mol. The third kappa shape index (κ3) is 5.04. The molecule has 0 saturated carbocycles. The van der Waals surface area contributed by atoms with Crippen molar-refractivity contribution in [3.63, 3.8) is 0 Å². The van der Waals surface area contributed by atoms with Crippen LogP contribution in [0.15, 0.2) is 66.4 Å². The van der Waals surface area contributed by atoms with E-state index in [1.54, 1.807) is 36.4 Å². The fraction of sp³-hybridized carbons (Fsp3) is 0.0800. The summed E-state index contributed by atoms with van der Waals surface area (Å²) in [6, 6.07) is 17.1. The molecule has 1 aliphatic rings. The highest BCUT2D eigenvalue weighted by atomic mass is 35.5. The number of nitrogens with one attached hydrogen (secondary N) is 1. The zero-order chi connectivity index (χ0) is 24.2. The van der Waals surface area contributed by atoms with Crippen LogP contribution in [0, 0.1) is 17.1 Å². The first-order valence-electron chi connectivity index (χ1n) is 10.0. The van der Waals surface area contributed by atoms with E-state index >= 15 is 0 Å². The Morgan fingerprint density at radius 2 is 1.74 bits per heavy atom. The normalized spacial score (nSPS) is 14.3. The molecule has 1 fully saturated rings. The van der Waals surface area contributed by atoms with Gasteiger partial charge in [0.05, 0.1) is 28.2 Å². The van der Waals surface area contributed by atoms with Gasteiger partial charge in [0, 0.05) is 5.56 Å². The highest BCUT2D eigenvalue weighted by molar-refractivity contribution is 6.37. The lowest BCUT2D eigenvalue weighted by atomic mass is 10.1. The molecule has 0 bridgehead atoms. The van der Waals surface area contributed by atoms with Crippen molar-refractivity contribution in [3.8, 4) is 11.8 Å².